The Hall–Kier alpha value is -2.90. The first-order chi connectivity index (χ1) is 13.7. The zero-order valence-corrected chi connectivity index (χ0v) is 15.9. The van der Waals surface area contributed by atoms with Gasteiger partial charge in [-0.2, -0.15) is 0 Å². The van der Waals surface area contributed by atoms with Crippen molar-refractivity contribution in [2.24, 2.45) is 0 Å². The van der Waals surface area contributed by atoms with Crippen molar-refractivity contribution in [2.45, 2.75) is 32.0 Å². The first-order valence-corrected chi connectivity index (χ1v) is 9.50. The lowest BCUT2D eigenvalue weighted by atomic mass is 10.0. The van der Waals surface area contributed by atoms with Gasteiger partial charge in [-0.25, -0.2) is 19.9 Å². The van der Waals surface area contributed by atoms with Crippen LogP contribution < -0.4 is 5.32 Å². The molecule has 0 unspecified atom stereocenters. The van der Waals surface area contributed by atoms with Crippen LogP contribution in [0.2, 0.25) is 0 Å². The van der Waals surface area contributed by atoms with Gasteiger partial charge in [-0.05, 0) is 25.0 Å². The lowest BCUT2D eigenvalue weighted by molar-refractivity contribution is 0.0558. The normalized spacial score (nSPS) is 20.1. The minimum Gasteiger partial charge on any atom is -0.390 e. The molecular formula is C21H24N6O. The number of aliphatic hydroxyl groups excluding tert-OH is 1. The number of piperidine rings is 1. The number of aliphatic hydroxyl groups is 1. The van der Waals surface area contributed by atoms with Crippen molar-refractivity contribution in [3.8, 4) is 11.4 Å². The second-order valence-electron chi connectivity index (χ2n) is 7.14. The summed E-state index contributed by atoms with van der Waals surface area (Å²) in [6, 6.07) is 9.84. The van der Waals surface area contributed by atoms with Crippen molar-refractivity contribution in [2.75, 3.05) is 18.4 Å². The minimum absolute atomic E-state index is 0.0432. The summed E-state index contributed by atoms with van der Waals surface area (Å²) in [6.07, 6.45) is 7.48. The number of aromatic nitrogens is 4. The number of benzene rings is 1. The lowest BCUT2D eigenvalue weighted by Gasteiger charge is -2.36. The van der Waals surface area contributed by atoms with Crippen LogP contribution in [-0.2, 0) is 6.54 Å². The standard InChI is InChI=1S/C21H24N6O/c1-15-5-2-3-6-17(15)20-24-11-16(12-25-20)13-27-10-7-18(19(28)14-27)26-21-22-8-4-9-23-21/h2-6,8-9,11-12,18-19,28H,7,10,13-14H2,1H3,(H,22,23,26)/t18-,19-/m1/s1. The Morgan fingerprint density at radius 3 is 2.54 bits per heavy atom. The van der Waals surface area contributed by atoms with E-state index in [1.54, 1.807) is 18.5 Å². The largest absolute Gasteiger partial charge is 0.390 e. The fourth-order valence-corrected chi connectivity index (χ4v) is 3.51. The maximum absolute atomic E-state index is 10.5. The van der Waals surface area contributed by atoms with Crippen LogP contribution in [-0.4, -0.2) is 55.2 Å². The Morgan fingerprint density at radius 1 is 1.07 bits per heavy atom. The van der Waals surface area contributed by atoms with E-state index in [9.17, 15) is 5.11 Å². The molecule has 4 rings (SSSR count). The first-order valence-electron chi connectivity index (χ1n) is 9.50. The molecule has 1 saturated heterocycles. The Bertz CT molecular complexity index is 902. The van der Waals surface area contributed by atoms with Crippen molar-refractivity contribution in [3.05, 3.63) is 66.2 Å². The highest BCUT2D eigenvalue weighted by molar-refractivity contribution is 5.59. The van der Waals surface area contributed by atoms with Crippen molar-refractivity contribution < 1.29 is 5.11 Å². The molecule has 0 saturated carbocycles. The molecule has 1 aliphatic rings. The van der Waals surface area contributed by atoms with Gasteiger partial charge < -0.3 is 10.4 Å². The summed E-state index contributed by atoms with van der Waals surface area (Å²) in [5.74, 6) is 1.30. The summed E-state index contributed by atoms with van der Waals surface area (Å²) in [4.78, 5) is 19.6. The van der Waals surface area contributed by atoms with Crippen molar-refractivity contribution in [1.82, 2.24) is 24.8 Å². The molecule has 7 nitrogen and oxygen atoms in total. The number of anilines is 1. The third-order valence-electron chi connectivity index (χ3n) is 5.04. The number of hydrogen-bond donors (Lipinski definition) is 2. The van der Waals surface area contributed by atoms with E-state index in [2.05, 4.69) is 43.1 Å². The quantitative estimate of drug-likeness (QED) is 0.706. The van der Waals surface area contributed by atoms with Gasteiger partial charge in [0.25, 0.3) is 0 Å². The summed E-state index contributed by atoms with van der Waals surface area (Å²) in [7, 11) is 0. The van der Waals surface area contributed by atoms with Gasteiger partial charge in [0.15, 0.2) is 5.82 Å². The van der Waals surface area contributed by atoms with Gasteiger partial charge in [0.1, 0.15) is 0 Å². The van der Waals surface area contributed by atoms with E-state index in [0.717, 1.165) is 42.0 Å². The molecule has 0 aliphatic carbocycles. The average Bonchev–Trinajstić information content (AvgIpc) is 2.72. The van der Waals surface area contributed by atoms with Gasteiger partial charge in [-0.15, -0.1) is 0 Å². The molecule has 0 amide bonds. The molecule has 1 aliphatic heterocycles. The number of hydrogen-bond acceptors (Lipinski definition) is 7. The fraction of sp³-hybridized carbons (Fsp3) is 0.333. The number of nitrogens with zero attached hydrogens (tertiary/aromatic N) is 5. The third kappa shape index (κ3) is 4.32. The second-order valence-corrected chi connectivity index (χ2v) is 7.14. The Labute approximate surface area is 164 Å². The number of aryl methyl sites for hydroxylation is 1. The first kappa shape index (κ1) is 18.5. The molecule has 1 aromatic carbocycles. The average molecular weight is 376 g/mol. The van der Waals surface area contributed by atoms with Crippen LogP contribution in [0.25, 0.3) is 11.4 Å². The van der Waals surface area contributed by atoms with Crippen LogP contribution in [0.4, 0.5) is 5.95 Å². The van der Waals surface area contributed by atoms with Crippen molar-refractivity contribution in [3.63, 3.8) is 0 Å². The molecule has 144 valence electrons. The number of likely N-dealkylation sites (tertiary alicyclic amines) is 1. The maximum atomic E-state index is 10.5. The zero-order valence-electron chi connectivity index (χ0n) is 15.9. The van der Waals surface area contributed by atoms with E-state index in [-0.39, 0.29) is 6.04 Å². The van der Waals surface area contributed by atoms with Crippen LogP contribution in [0, 0.1) is 6.92 Å². The van der Waals surface area contributed by atoms with Gasteiger partial charge in [-0.3, -0.25) is 4.90 Å². The van der Waals surface area contributed by atoms with E-state index < -0.39 is 6.10 Å². The number of β-amino-alcohol motifs (C(OH)–C–C–N with tert-alkyl or cyclic N) is 1. The second kappa shape index (κ2) is 8.41. The molecule has 28 heavy (non-hydrogen) atoms. The third-order valence-corrected chi connectivity index (χ3v) is 5.04. The lowest BCUT2D eigenvalue weighted by Crippen LogP contribution is -2.49. The summed E-state index contributed by atoms with van der Waals surface area (Å²) in [6.45, 7) is 4.25. The Balaban J connectivity index is 1.35. The van der Waals surface area contributed by atoms with E-state index >= 15 is 0 Å². The van der Waals surface area contributed by atoms with Crippen LogP contribution in [0.5, 0.6) is 0 Å². The van der Waals surface area contributed by atoms with Gasteiger partial charge in [0.05, 0.1) is 12.1 Å². The fourth-order valence-electron chi connectivity index (χ4n) is 3.51. The van der Waals surface area contributed by atoms with Crippen LogP contribution in [0.1, 0.15) is 17.5 Å². The molecule has 3 heterocycles. The summed E-state index contributed by atoms with van der Waals surface area (Å²) < 4.78 is 0. The monoisotopic (exact) mass is 376 g/mol. The highest BCUT2D eigenvalue weighted by atomic mass is 16.3. The van der Waals surface area contributed by atoms with Crippen LogP contribution in [0.3, 0.4) is 0 Å². The molecule has 7 heteroatoms. The molecule has 1 fully saturated rings. The van der Waals surface area contributed by atoms with E-state index in [1.165, 1.54) is 0 Å². The molecule has 0 bridgehead atoms. The Kier molecular flexibility index (Phi) is 5.55. The molecule has 0 radical (unpaired) electrons. The number of nitrogens with one attached hydrogen (secondary N) is 1. The van der Waals surface area contributed by atoms with Crippen molar-refractivity contribution >= 4 is 5.95 Å². The highest BCUT2D eigenvalue weighted by Gasteiger charge is 2.28. The zero-order chi connectivity index (χ0) is 19.3. The van der Waals surface area contributed by atoms with E-state index in [4.69, 9.17) is 0 Å². The van der Waals surface area contributed by atoms with E-state index in [0.29, 0.717) is 12.5 Å². The van der Waals surface area contributed by atoms with Gasteiger partial charge in [0.2, 0.25) is 5.95 Å². The molecule has 2 N–H and O–H groups in total. The highest BCUT2D eigenvalue weighted by Crippen LogP contribution is 2.20. The number of rotatable bonds is 5. The SMILES string of the molecule is Cc1ccccc1-c1ncc(CN2CC[C@@H](Nc3ncccn3)[C@H](O)C2)cn1. The maximum Gasteiger partial charge on any atom is 0.222 e. The molecular weight excluding hydrogens is 352 g/mol. The predicted molar refractivity (Wildman–Crippen MR) is 108 cm³/mol. The van der Waals surface area contributed by atoms with Gasteiger partial charge in [0, 0.05) is 55.5 Å². The smallest absolute Gasteiger partial charge is 0.222 e. The summed E-state index contributed by atoms with van der Waals surface area (Å²) in [5.41, 5.74) is 3.26. The predicted octanol–water partition coefficient (Wildman–Crippen LogP) is 2.29. The van der Waals surface area contributed by atoms with Gasteiger partial charge >= 0.3 is 0 Å². The molecule has 0 spiro atoms. The molecule has 3 aromatic rings. The van der Waals surface area contributed by atoms with Crippen molar-refractivity contribution in [1.29, 1.82) is 0 Å². The van der Waals surface area contributed by atoms with Crippen LogP contribution in [0.15, 0.2) is 55.1 Å². The van der Waals surface area contributed by atoms with Gasteiger partial charge in [-0.1, -0.05) is 24.3 Å². The summed E-state index contributed by atoms with van der Waals surface area (Å²) >= 11 is 0. The summed E-state index contributed by atoms with van der Waals surface area (Å²) in [5, 5.41) is 13.7. The molecule has 2 aromatic heterocycles. The topological polar surface area (TPSA) is 87.1 Å². The van der Waals surface area contributed by atoms with E-state index in [1.807, 2.05) is 30.6 Å². The molecule has 2 atom stereocenters. The van der Waals surface area contributed by atoms with Crippen LogP contribution >= 0.6 is 0 Å². The Morgan fingerprint density at radius 2 is 1.82 bits per heavy atom. The minimum atomic E-state index is -0.482.